The minimum Gasteiger partial charge on any atom is -0.481 e. The van der Waals surface area contributed by atoms with Crippen LogP contribution in [0.2, 0.25) is 0 Å². The summed E-state index contributed by atoms with van der Waals surface area (Å²) in [5.41, 5.74) is 1.83. The van der Waals surface area contributed by atoms with Crippen molar-refractivity contribution >= 4 is 28.9 Å². The van der Waals surface area contributed by atoms with Gasteiger partial charge in [0.05, 0.1) is 10.3 Å². The number of carbonyl (C=O) groups is 1. The van der Waals surface area contributed by atoms with E-state index < -0.39 is 17.0 Å². The first-order valence-corrected chi connectivity index (χ1v) is 12.9. The lowest BCUT2D eigenvalue weighted by Gasteiger charge is -2.51. The number of aromatic nitrogens is 3. The number of aryl methyl sites for hydroxylation is 2. The molecule has 0 amide bonds. The van der Waals surface area contributed by atoms with E-state index in [1.165, 1.54) is 11.3 Å². The molecule has 2 aromatic heterocycles. The first kappa shape index (κ1) is 25.3. The molecule has 4 atom stereocenters. The predicted molar refractivity (Wildman–Crippen MR) is 139 cm³/mol. The molecule has 0 saturated heterocycles. The molecule has 3 N–H and O–H groups in total. The standard InChI is InChI=1S/C27H34N4O3S/c1-15(2)27(24(32)33)17(4)12-26(34,13-18(27)5)23-29-14-22(35-23)20-9-16(3)10-21(11-20)31-25-28-8-7-19(6)30-25/h7-11,14-15,17-18,34H,12-13H2,1-6H3,(H,32,33)(H,28,30,31)/t17-,18+,26?,27?. The molecule has 3 aromatic rings. The highest BCUT2D eigenvalue weighted by atomic mass is 32.1. The summed E-state index contributed by atoms with van der Waals surface area (Å²) in [6.45, 7) is 11.8. The van der Waals surface area contributed by atoms with E-state index in [-0.39, 0.29) is 17.8 Å². The summed E-state index contributed by atoms with van der Waals surface area (Å²) in [5.74, 6) is -0.641. The third kappa shape index (κ3) is 4.57. The van der Waals surface area contributed by atoms with E-state index in [1.54, 1.807) is 12.4 Å². The molecule has 186 valence electrons. The molecule has 1 aliphatic rings. The van der Waals surface area contributed by atoms with Crippen molar-refractivity contribution < 1.29 is 15.0 Å². The van der Waals surface area contributed by atoms with Crippen LogP contribution >= 0.6 is 11.3 Å². The van der Waals surface area contributed by atoms with Gasteiger partial charge in [-0.3, -0.25) is 4.79 Å². The highest BCUT2D eigenvalue weighted by molar-refractivity contribution is 7.15. The van der Waals surface area contributed by atoms with Crippen LogP contribution in [-0.2, 0) is 10.4 Å². The number of hydrogen-bond acceptors (Lipinski definition) is 7. The monoisotopic (exact) mass is 494 g/mol. The van der Waals surface area contributed by atoms with Crippen LogP contribution in [-0.4, -0.2) is 31.1 Å². The van der Waals surface area contributed by atoms with Gasteiger partial charge in [0.2, 0.25) is 5.95 Å². The average Bonchev–Trinajstić information content (AvgIpc) is 3.24. The lowest BCUT2D eigenvalue weighted by Crippen LogP contribution is -2.55. The summed E-state index contributed by atoms with van der Waals surface area (Å²) in [4.78, 5) is 26.7. The number of anilines is 2. The molecule has 8 heteroatoms. The van der Waals surface area contributed by atoms with Crippen molar-refractivity contribution in [3.8, 4) is 10.4 Å². The number of carboxylic acids is 1. The first-order chi connectivity index (χ1) is 16.5. The molecular formula is C27H34N4O3S. The quantitative estimate of drug-likeness (QED) is 0.389. The smallest absolute Gasteiger partial charge is 0.310 e. The Balaban J connectivity index is 1.62. The fraction of sp³-hybridized carbons (Fsp3) is 0.481. The van der Waals surface area contributed by atoms with Crippen molar-refractivity contribution in [2.75, 3.05) is 5.32 Å². The Morgan fingerprint density at radius 3 is 2.43 bits per heavy atom. The van der Waals surface area contributed by atoms with Crippen molar-refractivity contribution in [1.82, 2.24) is 15.0 Å². The number of thiazole rings is 1. The zero-order valence-electron chi connectivity index (χ0n) is 21.2. The van der Waals surface area contributed by atoms with Crippen LogP contribution < -0.4 is 5.32 Å². The van der Waals surface area contributed by atoms with Gasteiger partial charge in [-0.1, -0.05) is 33.8 Å². The summed E-state index contributed by atoms with van der Waals surface area (Å²) in [6.07, 6.45) is 4.28. The minimum absolute atomic E-state index is 0.0306. The molecule has 1 saturated carbocycles. The van der Waals surface area contributed by atoms with Crippen molar-refractivity contribution in [1.29, 1.82) is 0 Å². The normalized spacial score (nSPS) is 26.6. The molecule has 1 fully saturated rings. The van der Waals surface area contributed by atoms with Gasteiger partial charge in [0.25, 0.3) is 0 Å². The van der Waals surface area contributed by atoms with Crippen molar-refractivity contribution in [3.05, 3.63) is 52.9 Å². The van der Waals surface area contributed by atoms with E-state index in [9.17, 15) is 15.0 Å². The second-order valence-electron chi connectivity index (χ2n) is 10.4. The molecule has 4 rings (SSSR count). The topological polar surface area (TPSA) is 108 Å². The van der Waals surface area contributed by atoms with Crippen LogP contribution in [0.5, 0.6) is 0 Å². The second-order valence-corrected chi connectivity index (χ2v) is 11.4. The fourth-order valence-corrected chi connectivity index (χ4v) is 7.17. The third-order valence-electron chi connectivity index (χ3n) is 7.56. The number of nitrogens with one attached hydrogen (secondary N) is 1. The van der Waals surface area contributed by atoms with Gasteiger partial charge in [-0.25, -0.2) is 15.0 Å². The second kappa shape index (κ2) is 9.32. The Morgan fingerprint density at radius 2 is 1.83 bits per heavy atom. The van der Waals surface area contributed by atoms with E-state index >= 15 is 0 Å². The maximum Gasteiger partial charge on any atom is 0.310 e. The van der Waals surface area contributed by atoms with Crippen LogP contribution in [0.25, 0.3) is 10.4 Å². The number of hydrogen-bond donors (Lipinski definition) is 3. The number of nitrogens with zero attached hydrogens (tertiary/aromatic N) is 3. The van der Waals surface area contributed by atoms with Gasteiger partial charge in [0.1, 0.15) is 10.6 Å². The van der Waals surface area contributed by atoms with Gasteiger partial charge < -0.3 is 15.5 Å². The van der Waals surface area contributed by atoms with Gasteiger partial charge in [-0.05, 0) is 73.8 Å². The summed E-state index contributed by atoms with van der Waals surface area (Å²) in [7, 11) is 0. The number of benzene rings is 1. The minimum atomic E-state index is -1.14. The van der Waals surface area contributed by atoms with Crippen molar-refractivity contribution in [2.24, 2.45) is 23.2 Å². The zero-order valence-corrected chi connectivity index (χ0v) is 22.0. The van der Waals surface area contributed by atoms with Gasteiger partial charge >= 0.3 is 5.97 Å². The maximum atomic E-state index is 12.4. The number of rotatable bonds is 6. The van der Waals surface area contributed by atoms with Crippen molar-refractivity contribution in [2.45, 2.75) is 60.0 Å². The Bertz CT molecular complexity index is 1230. The van der Waals surface area contributed by atoms with E-state index in [4.69, 9.17) is 0 Å². The highest BCUT2D eigenvalue weighted by Crippen LogP contribution is 2.56. The lowest BCUT2D eigenvalue weighted by atomic mass is 9.53. The first-order valence-electron chi connectivity index (χ1n) is 12.1. The molecular weight excluding hydrogens is 460 g/mol. The van der Waals surface area contributed by atoms with Gasteiger partial charge in [0, 0.05) is 23.8 Å². The van der Waals surface area contributed by atoms with Crippen LogP contribution in [0.4, 0.5) is 11.6 Å². The van der Waals surface area contributed by atoms with Gasteiger partial charge in [-0.2, -0.15) is 0 Å². The zero-order chi connectivity index (χ0) is 25.5. The van der Waals surface area contributed by atoms with E-state index in [2.05, 4.69) is 26.3 Å². The SMILES string of the molecule is Cc1cc(Nc2nccc(C)n2)cc(-c2cnc(C3(O)C[C@@H](C)C(C(=O)O)(C(C)C)[C@@H](C)C3)s2)c1. The van der Waals surface area contributed by atoms with E-state index in [0.29, 0.717) is 23.8 Å². The molecule has 2 heterocycles. The Labute approximate surface area is 210 Å². The number of aliphatic carboxylic acids is 1. The fourth-order valence-electron chi connectivity index (χ4n) is 6.16. The molecule has 1 aliphatic carbocycles. The van der Waals surface area contributed by atoms with Gasteiger partial charge in [0.15, 0.2) is 0 Å². The average molecular weight is 495 g/mol. The van der Waals surface area contributed by atoms with E-state index in [1.807, 2.05) is 59.7 Å². The molecule has 0 bridgehead atoms. The summed E-state index contributed by atoms with van der Waals surface area (Å²) in [6, 6.07) is 8.00. The molecule has 1 aromatic carbocycles. The van der Waals surface area contributed by atoms with Crippen LogP contribution in [0.15, 0.2) is 36.7 Å². The molecule has 7 nitrogen and oxygen atoms in total. The Kier molecular flexibility index (Phi) is 6.72. The molecule has 0 aliphatic heterocycles. The Morgan fingerprint density at radius 1 is 1.14 bits per heavy atom. The summed E-state index contributed by atoms with van der Waals surface area (Å²) < 4.78 is 0. The largest absolute Gasteiger partial charge is 0.481 e. The molecule has 0 spiro atoms. The highest BCUT2D eigenvalue weighted by Gasteiger charge is 2.58. The summed E-state index contributed by atoms with van der Waals surface area (Å²) in [5, 5.41) is 25.8. The number of carboxylic acid groups (broad SMARTS) is 1. The molecule has 0 radical (unpaired) electrons. The van der Waals surface area contributed by atoms with Crippen molar-refractivity contribution in [3.63, 3.8) is 0 Å². The molecule has 2 unspecified atom stereocenters. The number of aliphatic hydroxyl groups is 1. The summed E-state index contributed by atoms with van der Waals surface area (Å²) >= 11 is 1.47. The lowest BCUT2D eigenvalue weighted by molar-refractivity contribution is -0.177. The van der Waals surface area contributed by atoms with Crippen LogP contribution in [0.1, 0.15) is 56.8 Å². The maximum absolute atomic E-state index is 12.4. The molecule has 35 heavy (non-hydrogen) atoms. The van der Waals surface area contributed by atoms with Crippen LogP contribution in [0.3, 0.4) is 0 Å². The van der Waals surface area contributed by atoms with E-state index in [0.717, 1.165) is 27.4 Å². The van der Waals surface area contributed by atoms with Gasteiger partial charge in [-0.15, -0.1) is 11.3 Å². The van der Waals surface area contributed by atoms with Crippen LogP contribution in [0, 0.1) is 37.0 Å². The predicted octanol–water partition coefficient (Wildman–Crippen LogP) is 5.94. The third-order valence-corrected chi connectivity index (χ3v) is 8.80. The Hall–Kier alpha value is -2.84.